The van der Waals surface area contributed by atoms with Crippen LogP contribution in [0.15, 0.2) is 16.6 Å². The molecule has 0 saturated carbocycles. The first-order chi connectivity index (χ1) is 7.22. The molecule has 0 radical (unpaired) electrons. The zero-order chi connectivity index (χ0) is 12.5. The Morgan fingerprint density at radius 3 is 2.38 bits per heavy atom. The smallest absolute Gasteiger partial charge is 0.405 e. The second-order valence-corrected chi connectivity index (χ2v) is 3.54. The number of rotatable bonds is 2. The molecule has 16 heavy (non-hydrogen) atoms. The molecule has 88 valence electrons. The maximum atomic E-state index is 11.9. The minimum atomic E-state index is -4.83. The normalized spacial score (nSPS) is 11.2. The molecule has 1 aromatic carbocycles. The van der Waals surface area contributed by atoms with Crippen molar-refractivity contribution in [3.8, 4) is 5.75 Å². The van der Waals surface area contributed by atoms with Gasteiger partial charge >= 0.3 is 6.36 Å². The molecular formula is C8H6BrF3N2O2. The number of ether oxygens (including phenoxy) is 1. The Kier molecular flexibility index (Phi) is 3.32. The van der Waals surface area contributed by atoms with E-state index in [0.29, 0.717) is 0 Å². The number of benzene rings is 1. The van der Waals surface area contributed by atoms with Crippen LogP contribution in [0.3, 0.4) is 0 Å². The summed E-state index contributed by atoms with van der Waals surface area (Å²) < 4.78 is 39.3. The van der Waals surface area contributed by atoms with Gasteiger partial charge in [0.2, 0.25) is 0 Å². The summed E-state index contributed by atoms with van der Waals surface area (Å²) >= 11 is 2.79. The van der Waals surface area contributed by atoms with Gasteiger partial charge in [-0.1, -0.05) is 0 Å². The average Bonchev–Trinajstić information content (AvgIpc) is 2.10. The highest BCUT2D eigenvalue weighted by Crippen LogP contribution is 2.36. The third-order valence-corrected chi connectivity index (χ3v) is 2.45. The van der Waals surface area contributed by atoms with E-state index in [4.69, 9.17) is 11.5 Å². The first-order valence-electron chi connectivity index (χ1n) is 3.86. The van der Waals surface area contributed by atoms with Gasteiger partial charge in [-0.25, -0.2) is 0 Å². The van der Waals surface area contributed by atoms with Gasteiger partial charge in [-0.15, -0.1) is 13.2 Å². The highest BCUT2D eigenvalue weighted by atomic mass is 79.9. The molecule has 0 aliphatic heterocycles. The minimum Gasteiger partial charge on any atom is -0.405 e. The summed E-state index contributed by atoms with van der Waals surface area (Å²) in [5.41, 5.74) is 10.1. The Morgan fingerprint density at radius 1 is 1.38 bits per heavy atom. The Hall–Kier alpha value is -1.44. The summed E-state index contributed by atoms with van der Waals surface area (Å²) in [7, 11) is 0. The molecule has 0 aliphatic rings. The molecule has 0 unspecified atom stereocenters. The van der Waals surface area contributed by atoms with E-state index in [-0.39, 0.29) is 15.7 Å². The third-order valence-electron chi connectivity index (χ3n) is 1.64. The Bertz CT molecular complexity index is 434. The molecule has 0 fully saturated rings. The van der Waals surface area contributed by atoms with Crippen molar-refractivity contribution >= 4 is 27.5 Å². The second-order valence-electron chi connectivity index (χ2n) is 2.75. The van der Waals surface area contributed by atoms with Gasteiger partial charge in [0.25, 0.3) is 5.91 Å². The molecule has 1 rings (SSSR count). The van der Waals surface area contributed by atoms with Crippen LogP contribution >= 0.6 is 15.9 Å². The lowest BCUT2D eigenvalue weighted by Gasteiger charge is -2.12. The van der Waals surface area contributed by atoms with Crippen LogP contribution < -0.4 is 16.2 Å². The number of alkyl halides is 3. The van der Waals surface area contributed by atoms with Crippen molar-refractivity contribution in [3.05, 3.63) is 22.2 Å². The molecule has 4 N–H and O–H groups in total. The third kappa shape index (κ3) is 2.78. The lowest BCUT2D eigenvalue weighted by atomic mass is 10.1. The van der Waals surface area contributed by atoms with Crippen molar-refractivity contribution in [2.75, 3.05) is 5.73 Å². The molecule has 1 amide bonds. The van der Waals surface area contributed by atoms with Gasteiger partial charge in [-0.3, -0.25) is 4.79 Å². The van der Waals surface area contributed by atoms with Crippen molar-refractivity contribution in [3.63, 3.8) is 0 Å². The molecule has 0 heterocycles. The van der Waals surface area contributed by atoms with Crippen LogP contribution in [0.25, 0.3) is 0 Å². The van der Waals surface area contributed by atoms with Crippen LogP contribution in [-0.2, 0) is 0 Å². The number of carbonyl (C=O) groups excluding carboxylic acids is 1. The number of carbonyl (C=O) groups is 1. The van der Waals surface area contributed by atoms with E-state index in [2.05, 4.69) is 20.7 Å². The number of hydrogen-bond acceptors (Lipinski definition) is 3. The summed E-state index contributed by atoms with van der Waals surface area (Å²) in [6, 6.07) is 2.01. The van der Waals surface area contributed by atoms with Gasteiger partial charge in [0.15, 0.2) is 0 Å². The highest BCUT2D eigenvalue weighted by molar-refractivity contribution is 9.10. The summed E-state index contributed by atoms with van der Waals surface area (Å²) in [6.07, 6.45) is -4.83. The van der Waals surface area contributed by atoms with Crippen LogP contribution in [0.1, 0.15) is 10.4 Å². The van der Waals surface area contributed by atoms with Crippen LogP contribution in [0.4, 0.5) is 18.9 Å². The number of primary amides is 1. The predicted molar refractivity (Wildman–Crippen MR) is 53.8 cm³/mol. The molecule has 0 spiro atoms. The molecule has 1 aromatic rings. The van der Waals surface area contributed by atoms with E-state index in [1.165, 1.54) is 0 Å². The fourth-order valence-corrected chi connectivity index (χ4v) is 1.42. The summed E-state index contributed by atoms with van der Waals surface area (Å²) in [4.78, 5) is 10.8. The lowest BCUT2D eigenvalue weighted by Crippen LogP contribution is -2.19. The van der Waals surface area contributed by atoms with E-state index in [1.807, 2.05) is 0 Å². The molecule has 8 heteroatoms. The van der Waals surface area contributed by atoms with Crippen LogP contribution in [0, 0.1) is 0 Å². The van der Waals surface area contributed by atoms with E-state index in [0.717, 1.165) is 12.1 Å². The lowest BCUT2D eigenvalue weighted by molar-refractivity contribution is -0.274. The van der Waals surface area contributed by atoms with Gasteiger partial charge in [-0.05, 0) is 28.1 Å². The van der Waals surface area contributed by atoms with Crippen molar-refractivity contribution in [1.82, 2.24) is 0 Å². The van der Waals surface area contributed by atoms with Gasteiger partial charge in [0, 0.05) is 0 Å². The average molecular weight is 299 g/mol. The fourth-order valence-electron chi connectivity index (χ4n) is 0.991. The Morgan fingerprint density at radius 2 is 1.94 bits per heavy atom. The molecule has 0 aromatic heterocycles. The Labute approximate surface area is 96.5 Å². The van der Waals surface area contributed by atoms with Gasteiger partial charge in [-0.2, -0.15) is 0 Å². The number of amides is 1. The highest BCUT2D eigenvalue weighted by Gasteiger charge is 2.32. The molecule has 4 nitrogen and oxygen atoms in total. The molecule has 0 bridgehead atoms. The zero-order valence-electron chi connectivity index (χ0n) is 7.64. The van der Waals surface area contributed by atoms with E-state index in [1.54, 1.807) is 0 Å². The van der Waals surface area contributed by atoms with Gasteiger partial charge < -0.3 is 16.2 Å². The number of hydrogen-bond donors (Lipinski definition) is 2. The molecular weight excluding hydrogens is 293 g/mol. The summed E-state index contributed by atoms with van der Waals surface area (Å²) in [5, 5.41) is 0. The fraction of sp³-hybridized carbons (Fsp3) is 0.125. The van der Waals surface area contributed by atoms with Crippen LogP contribution in [0.5, 0.6) is 5.75 Å². The number of nitrogen functional groups attached to an aromatic ring is 1. The minimum absolute atomic E-state index is 0.0820. The maximum absolute atomic E-state index is 11.9. The zero-order valence-corrected chi connectivity index (χ0v) is 9.22. The van der Waals surface area contributed by atoms with Gasteiger partial charge in [0.05, 0.1) is 15.7 Å². The number of anilines is 1. The second kappa shape index (κ2) is 4.20. The predicted octanol–water partition coefficient (Wildman–Crippen LogP) is 2.03. The Balaban J connectivity index is 3.17. The van der Waals surface area contributed by atoms with Crippen molar-refractivity contribution in [2.24, 2.45) is 5.73 Å². The van der Waals surface area contributed by atoms with Crippen molar-refractivity contribution in [2.45, 2.75) is 6.36 Å². The molecule has 0 aliphatic carbocycles. The van der Waals surface area contributed by atoms with E-state index in [9.17, 15) is 18.0 Å². The summed E-state index contributed by atoms with van der Waals surface area (Å²) in [5.74, 6) is -1.37. The first kappa shape index (κ1) is 12.6. The monoisotopic (exact) mass is 298 g/mol. The molecule has 0 atom stereocenters. The van der Waals surface area contributed by atoms with E-state index < -0.39 is 18.0 Å². The van der Waals surface area contributed by atoms with Crippen LogP contribution in [0.2, 0.25) is 0 Å². The van der Waals surface area contributed by atoms with Crippen LogP contribution in [-0.4, -0.2) is 12.3 Å². The topological polar surface area (TPSA) is 78.3 Å². The standard InChI is InChI=1S/C8H6BrF3N2O2/c9-5-4(16-8(10,11)12)2-1-3(6(5)13)7(14)15/h1-2H,13H2,(H2,14,15). The SMILES string of the molecule is NC(=O)c1ccc(OC(F)(F)F)c(Br)c1N. The number of halogens is 4. The van der Waals surface area contributed by atoms with Crippen molar-refractivity contribution < 1.29 is 22.7 Å². The maximum Gasteiger partial charge on any atom is 0.573 e. The van der Waals surface area contributed by atoms with Gasteiger partial charge in [0.1, 0.15) is 5.75 Å². The largest absolute Gasteiger partial charge is 0.573 e. The summed E-state index contributed by atoms with van der Waals surface area (Å²) in [6.45, 7) is 0. The van der Waals surface area contributed by atoms with E-state index >= 15 is 0 Å². The van der Waals surface area contributed by atoms with Crippen molar-refractivity contribution in [1.29, 1.82) is 0 Å². The number of nitrogens with two attached hydrogens (primary N) is 2. The quantitative estimate of drug-likeness (QED) is 0.820. The first-order valence-corrected chi connectivity index (χ1v) is 4.65. The molecule has 0 saturated heterocycles.